The maximum Gasteiger partial charge on any atom is 3.00 e. The fraction of sp³-hybridized carbons (Fsp3) is 0.240. The van der Waals surface area contributed by atoms with Crippen molar-refractivity contribution in [1.29, 1.82) is 0 Å². The number of pyridine rings is 2. The zero-order chi connectivity index (χ0) is 25.8. The van der Waals surface area contributed by atoms with Gasteiger partial charge in [0.2, 0.25) is 0 Å². The maximum absolute atomic E-state index is 9.98. The Hall–Kier alpha value is -2.49. The molecule has 0 saturated carbocycles. The summed E-state index contributed by atoms with van der Waals surface area (Å²) >= 11 is 0. The van der Waals surface area contributed by atoms with Crippen LogP contribution in [0.4, 0.5) is 0 Å². The molecule has 0 N–H and O–H groups in total. The van der Waals surface area contributed by atoms with Crippen molar-refractivity contribution in [3.8, 4) is 11.4 Å². The predicted molar refractivity (Wildman–Crippen MR) is 121 cm³/mol. The number of carbonyl (C=O) groups excluding carboxylic acids is 3. The molecular formula is C25H29EuN2O6. The smallest absolute Gasteiger partial charge is 0.876 e. The molecule has 0 spiro atoms. The summed E-state index contributed by atoms with van der Waals surface area (Å²) in [7, 11) is 0. The van der Waals surface area contributed by atoms with E-state index in [1.807, 2.05) is 36.4 Å². The van der Waals surface area contributed by atoms with Gasteiger partial charge in [-0.1, -0.05) is 32.9 Å². The summed E-state index contributed by atoms with van der Waals surface area (Å²) in [6.45, 7) is 8.09. The van der Waals surface area contributed by atoms with Gasteiger partial charge in [0.05, 0.1) is 11.4 Å². The van der Waals surface area contributed by atoms with E-state index in [1.54, 1.807) is 12.4 Å². The SMILES string of the molecule is CC(=O)/C=C(/C)[O-].CC(=O)/C=C(/C)[O-].CC(=O)/C=C(/C)[O-].[Eu+3].c1ccc(-c2ccccn2)nc1. The Kier molecular flexibility index (Phi) is 23.7. The van der Waals surface area contributed by atoms with Crippen LogP contribution in [0.1, 0.15) is 41.5 Å². The third-order valence-electron chi connectivity index (χ3n) is 2.81. The molecule has 182 valence electrons. The Morgan fingerprint density at radius 3 is 0.971 bits per heavy atom. The average molecular weight is 605 g/mol. The van der Waals surface area contributed by atoms with Crippen LogP contribution in [0.15, 0.2) is 84.3 Å². The second-order valence-corrected chi connectivity index (χ2v) is 6.53. The second-order valence-electron chi connectivity index (χ2n) is 6.53. The third kappa shape index (κ3) is 27.5. The van der Waals surface area contributed by atoms with Crippen molar-refractivity contribution in [3.63, 3.8) is 0 Å². The fourth-order valence-corrected chi connectivity index (χ4v) is 1.89. The van der Waals surface area contributed by atoms with Crippen LogP contribution >= 0.6 is 0 Å². The van der Waals surface area contributed by atoms with E-state index in [0.29, 0.717) is 0 Å². The first-order valence-corrected chi connectivity index (χ1v) is 9.75. The minimum Gasteiger partial charge on any atom is -0.876 e. The minimum atomic E-state index is -0.187. The molecule has 2 rings (SSSR count). The van der Waals surface area contributed by atoms with E-state index >= 15 is 0 Å². The number of allylic oxidation sites excluding steroid dienone is 6. The van der Waals surface area contributed by atoms with Crippen LogP contribution in [0, 0.1) is 49.4 Å². The standard InChI is InChI=1S/C10H8N2.3C5H8O2.Eu/c1-3-7-11-9(5-1)10-6-2-4-8-12-10;3*1-4(6)3-5(2)7;/h1-8H;3*3,6H,1-2H3;/q;;;;+3/p-3/b;3*4-3-;. The van der Waals surface area contributed by atoms with E-state index in [-0.39, 0.29) is 84.0 Å². The van der Waals surface area contributed by atoms with Gasteiger partial charge in [-0.25, -0.2) is 0 Å². The van der Waals surface area contributed by atoms with Gasteiger partial charge >= 0.3 is 49.4 Å². The molecule has 0 aliphatic carbocycles. The van der Waals surface area contributed by atoms with E-state index in [0.717, 1.165) is 29.6 Å². The molecular weight excluding hydrogens is 576 g/mol. The van der Waals surface area contributed by atoms with Crippen LogP contribution in [0.5, 0.6) is 0 Å². The topological polar surface area (TPSA) is 146 Å². The molecule has 8 nitrogen and oxygen atoms in total. The Balaban J connectivity index is -0.000000390. The van der Waals surface area contributed by atoms with Crippen molar-refractivity contribution in [3.05, 3.63) is 84.3 Å². The van der Waals surface area contributed by atoms with Gasteiger partial charge in [-0.05, 0) is 63.3 Å². The summed E-state index contributed by atoms with van der Waals surface area (Å²) in [6.07, 6.45) is 6.70. The van der Waals surface area contributed by atoms with E-state index < -0.39 is 0 Å². The second kappa shape index (κ2) is 22.3. The van der Waals surface area contributed by atoms with Crippen molar-refractivity contribution in [2.24, 2.45) is 0 Å². The van der Waals surface area contributed by atoms with Gasteiger partial charge in [0.1, 0.15) is 0 Å². The van der Waals surface area contributed by atoms with Crippen LogP contribution in [-0.2, 0) is 14.4 Å². The molecule has 0 radical (unpaired) electrons. The molecule has 2 aromatic rings. The number of rotatable bonds is 4. The molecule has 0 amide bonds. The predicted octanol–water partition coefficient (Wildman–Crippen LogP) is 1.66. The van der Waals surface area contributed by atoms with Crippen LogP contribution in [-0.4, -0.2) is 27.3 Å². The molecule has 0 atom stereocenters. The minimum absolute atomic E-state index is 0. The molecule has 2 heterocycles. The van der Waals surface area contributed by atoms with E-state index in [4.69, 9.17) is 0 Å². The number of nitrogens with zero attached hydrogens (tertiary/aromatic N) is 2. The van der Waals surface area contributed by atoms with E-state index in [9.17, 15) is 29.7 Å². The van der Waals surface area contributed by atoms with Gasteiger partial charge in [-0.3, -0.25) is 24.4 Å². The summed E-state index contributed by atoms with van der Waals surface area (Å²) in [6, 6.07) is 11.6. The van der Waals surface area contributed by atoms with Gasteiger partial charge in [0.25, 0.3) is 0 Å². The van der Waals surface area contributed by atoms with Crippen molar-refractivity contribution in [2.75, 3.05) is 0 Å². The average Bonchev–Trinajstić information content (AvgIpc) is 2.67. The van der Waals surface area contributed by atoms with Crippen LogP contribution < -0.4 is 15.3 Å². The molecule has 0 bridgehead atoms. The van der Waals surface area contributed by atoms with Crippen LogP contribution in [0.25, 0.3) is 11.4 Å². The van der Waals surface area contributed by atoms with Crippen molar-refractivity contribution < 1.29 is 79.1 Å². The summed E-state index contributed by atoms with van der Waals surface area (Å²) < 4.78 is 0. The summed E-state index contributed by atoms with van der Waals surface area (Å²) in [4.78, 5) is 38.3. The van der Waals surface area contributed by atoms with Gasteiger partial charge in [-0.15, -0.1) is 17.3 Å². The van der Waals surface area contributed by atoms with Crippen LogP contribution in [0.2, 0.25) is 0 Å². The monoisotopic (exact) mass is 606 g/mol. The Morgan fingerprint density at radius 2 is 0.853 bits per heavy atom. The Labute approximate surface area is 241 Å². The molecule has 9 heteroatoms. The zero-order valence-corrected chi connectivity index (χ0v) is 22.5. The fourth-order valence-electron chi connectivity index (χ4n) is 1.89. The van der Waals surface area contributed by atoms with Crippen LogP contribution in [0.3, 0.4) is 0 Å². The van der Waals surface area contributed by atoms with E-state index in [2.05, 4.69) is 9.97 Å². The van der Waals surface area contributed by atoms with Crippen molar-refractivity contribution in [2.45, 2.75) is 41.5 Å². The van der Waals surface area contributed by atoms with Crippen molar-refractivity contribution in [1.82, 2.24) is 9.97 Å². The van der Waals surface area contributed by atoms with E-state index in [1.165, 1.54) is 41.5 Å². The molecule has 0 saturated heterocycles. The summed E-state index contributed by atoms with van der Waals surface area (Å²) in [5.41, 5.74) is 1.83. The van der Waals surface area contributed by atoms with Gasteiger partial charge in [0.15, 0.2) is 17.3 Å². The zero-order valence-electron chi connectivity index (χ0n) is 20.1. The Morgan fingerprint density at radius 1 is 0.588 bits per heavy atom. The van der Waals surface area contributed by atoms with Gasteiger partial charge in [0, 0.05) is 12.4 Å². The first-order chi connectivity index (χ1) is 15.3. The molecule has 0 aliphatic rings. The number of hydrogen-bond acceptors (Lipinski definition) is 8. The quantitative estimate of drug-likeness (QED) is 0.378. The molecule has 34 heavy (non-hydrogen) atoms. The number of ketones is 3. The first-order valence-electron chi connectivity index (χ1n) is 9.75. The maximum atomic E-state index is 9.98. The van der Waals surface area contributed by atoms with Crippen molar-refractivity contribution >= 4 is 17.3 Å². The third-order valence-corrected chi connectivity index (χ3v) is 2.81. The number of carbonyl (C=O) groups is 3. The number of hydrogen-bond donors (Lipinski definition) is 0. The summed E-state index contributed by atoms with van der Waals surface area (Å²) in [5, 5.41) is 29.9. The summed E-state index contributed by atoms with van der Waals surface area (Å²) in [5.74, 6) is -1.12. The Bertz CT molecular complexity index is 840. The largest absolute Gasteiger partial charge is 3.00 e. The first kappa shape index (κ1) is 36.1. The normalized spacial score (nSPS) is 10.5. The van der Waals surface area contributed by atoms with Gasteiger partial charge < -0.3 is 15.3 Å². The molecule has 0 fully saturated rings. The molecule has 0 aromatic carbocycles. The number of aromatic nitrogens is 2. The molecule has 0 unspecified atom stereocenters. The van der Waals surface area contributed by atoms with Gasteiger partial charge in [-0.2, -0.15) is 0 Å². The molecule has 2 aromatic heterocycles. The molecule has 0 aliphatic heterocycles.